The molecule has 0 aromatic carbocycles. The number of carbonyl (C=O) groups excluding carboxylic acids is 2. The van der Waals surface area contributed by atoms with E-state index in [-0.39, 0.29) is 11.5 Å². The number of hydrogen-bond acceptors (Lipinski definition) is 8. The lowest BCUT2D eigenvalue weighted by molar-refractivity contribution is 0.0958. The van der Waals surface area contributed by atoms with E-state index in [0.717, 1.165) is 22.8 Å². The summed E-state index contributed by atoms with van der Waals surface area (Å²) in [5, 5.41) is 23.2. The van der Waals surface area contributed by atoms with Crippen LogP contribution in [0.25, 0.3) is 5.69 Å². The molecule has 0 radical (unpaired) electrons. The number of nitrogens with one attached hydrogen (secondary N) is 4. The second-order valence-electron chi connectivity index (χ2n) is 6.97. The van der Waals surface area contributed by atoms with Gasteiger partial charge >= 0.3 is 6.03 Å². The molecule has 0 saturated heterocycles. The molecule has 0 unspecified atom stereocenters. The molecule has 4 heterocycles. The van der Waals surface area contributed by atoms with Crippen molar-refractivity contribution < 1.29 is 9.59 Å². The van der Waals surface area contributed by atoms with Gasteiger partial charge in [-0.15, -0.1) is 10.2 Å². The number of nitrogens with zero attached hydrogens (tertiary/aromatic N) is 6. The van der Waals surface area contributed by atoms with Crippen LogP contribution in [0, 0.1) is 6.92 Å². The number of anilines is 4. The number of urea groups is 1. The summed E-state index contributed by atoms with van der Waals surface area (Å²) in [6.45, 7) is 2.60. The highest BCUT2D eigenvalue weighted by Gasteiger charge is 2.26. The number of fused-ring (bicyclic) bond motifs is 3. The Kier molecular flexibility index (Phi) is 5.11. The Morgan fingerprint density at radius 2 is 1.94 bits per heavy atom. The molecule has 3 aromatic rings. The summed E-state index contributed by atoms with van der Waals surface area (Å²) in [6.07, 6.45) is 1.67. The first kappa shape index (κ1) is 20.1. The minimum Gasteiger partial charge on any atom is -0.364 e. The lowest BCUT2D eigenvalue weighted by atomic mass is 10.2. The van der Waals surface area contributed by atoms with Crippen molar-refractivity contribution in [3.63, 3.8) is 0 Å². The van der Waals surface area contributed by atoms with E-state index in [4.69, 9.17) is 0 Å². The van der Waals surface area contributed by atoms with Crippen molar-refractivity contribution in [1.29, 1.82) is 0 Å². The molecule has 4 rings (SSSR count). The van der Waals surface area contributed by atoms with Crippen molar-refractivity contribution >= 4 is 34.9 Å². The number of hydrogen-bond donors (Lipinski definition) is 4. The predicted molar refractivity (Wildman–Crippen MR) is 115 cm³/mol. The summed E-state index contributed by atoms with van der Waals surface area (Å²) in [5.41, 5.74) is 4.09. The van der Waals surface area contributed by atoms with Crippen molar-refractivity contribution in [3.8, 4) is 5.69 Å². The third-order valence-electron chi connectivity index (χ3n) is 4.78. The maximum atomic E-state index is 12.3. The molecule has 4 N–H and O–H groups in total. The van der Waals surface area contributed by atoms with Gasteiger partial charge in [-0.1, -0.05) is 0 Å². The largest absolute Gasteiger partial charge is 0.364 e. The fourth-order valence-corrected chi connectivity index (χ4v) is 3.42. The van der Waals surface area contributed by atoms with Gasteiger partial charge in [-0.05, 0) is 19.1 Å². The van der Waals surface area contributed by atoms with Gasteiger partial charge < -0.3 is 20.9 Å². The average molecular weight is 422 g/mol. The highest BCUT2D eigenvalue weighted by Crippen LogP contribution is 2.37. The van der Waals surface area contributed by atoms with Crippen LogP contribution < -0.4 is 26.2 Å². The van der Waals surface area contributed by atoms with Crippen molar-refractivity contribution in [2.75, 3.05) is 36.7 Å². The Morgan fingerprint density at radius 3 is 2.68 bits per heavy atom. The Bertz CT molecular complexity index is 1170. The summed E-state index contributed by atoms with van der Waals surface area (Å²) in [4.78, 5) is 30.5. The second-order valence-corrected chi connectivity index (χ2v) is 6.97. The van der Waals surface area contributed by atoms with Crippen LogP contribution in [0.2, 0.25) is 0 Å². The molecule has 0 saturated carbocycles. The van der Waals surface area contributed by atoms with Crippen LogP contribution in [0.3, 0.4) is 0 Å². The number of rotatable bonds is 4. The van der Waals surface area contributed by atoms with Crippen molar-refractivity contribution in [1.82, 2.24) is 35.6 Å². The van der Waals surface area contributed by atoms with Crippen LogP contribution in [0.1, 0.15) is 21.9 Å². The first-order valence-corrected chi connectivity index (χ1v) is 9.53. The fourth-order valence-electron chi connectivity index (χ4n) is 3.42. The number of aromatic nitrogens is 5. The van der Waals surface area contributed by atoms with Crippen molar-refractivity contribution in [2.45, 2.75) is 13.5 Å². The van der Waals surface area contributed by atoms with Crippen molar-refractivity contribution in [3.05, 3.63) is 41.5 Å². The van der Waals surface area contributed by atoms with Crippen LogP contribution in [0.4, 0.5) is 27.8 Å². The van der Waals surface area contributed by atoms with Crippen LogP contribution in [0.5, 0.6) is 0 Å². The van der Waals surface area contributed by atoms with E-state index in [2.05, 4.69) is 46.4 Å². The molecule has 1 aliphatic heterocycles. The van der Waals surface area contributed by atoms with E-state index < -0.39 is 11.9 Å². The highest BCUT2D eigenvalue weighted by molar-refractivity contribution is 5.99. The summed E-state index contributed by atoms with van der Waals surface area (Å²) >= 11 is 0. The number of pyridine rings is 1. The Hall–Kier alpha value is -4.22. The Balaban J connectivity index is 1.78. The molecule has 160 valence electrons. The molecule has 3 aromatic heterocycles. The fraction of sp³-hybridized carbons (Fsp3) is 0.263. The van der Waals surface area contributed by atoms with Gasteiger partial charge in [-0.3, -0.25) is 10.1 Å². The van der Waals surface area contributed by atoms with Gasteiger partial charge in [0.05, 0.1) is 29.3 Å². The lowest BCUT2D eigenvalue weighted by Gasteiger charge is -2.30. The monoisotopic (exact) mass is 422 g/mol. The third-order valence-corrected chi connectivity index (χ3v) is 4.78. The van der Waals surface area contributed by atoms with Gasteiger partial charge in [-0.25, -0.2) is 14.5 Å². The Labute approximate surface area is 178 Å². The molecule has 3 amide bonds. The highest BCUT2D eigenvalue weighted by atomic mass is 16.2. The smallest absolute Gasteiger partial charge is 0.320 e. The number of amides is 3. The van der Waals surface area contributed by atoms with E-state index in [0.29, 0.717) is 18.1 Å². The minimum absolute atomic E-state index is 0.0680. The van der Waals surface area contributed by atoms with E-state index in [1.165, 1.54) is 20.2 Å². The molecule has 0 atom stereocenters. The molecule has 1 aliphatic rings. The molecule has 0 spiro atoms. The van der Waals surface area contributed by atoms with Gasteiger partial charge in [0.2, 0.25) is 0 Å². The zero-order valence-corrected chi connectivity index (χ0v) is 17.5. The molecule has 12 heteroatoms. The first-order chi connectivity index (χ1) is 14.9. The summed E-state index contributed by atoms with van der Waals surface area (Å²) in [7, 11) is 4.95. The minimum atomic E-state index is -0.454. The molecule has 31 heavy (non-hydrogen) atoms. The van der Waals surface area contributed by atoms with Crippen LogP contribution in [-0.2, 0) is 6.54 Å². The van der Waals surface area contributed by atoms with Crippen LogP contribution in [-0.4, -0.2) is 58.0 Å². The Morgan fingerprint density at radius 1 is 1.13 bits per heavy atom. The van der Waals surface area contributed by atoms with E-state index in [1.807, 2.05) is 30.8 Å². The third kappa shape index (κ3) is 3.70. The maximum Gasteiger partial charge on any atom is 0.320 e. The first-order valence-electron chi connectivity index (χ1n) is 9.53. The molecular weight excluding hydrogens is 400 g/mol. The number of aryl methyl sites for hydroxylation is 1. The van der Waals surface area contributed by atoms with Crippen molar-refractivity contribution in [2.24, 2.45) is 0 Å². The normalized spacial score (nSPS) is 11.9. The lowest BCUT2D eigenvalue weighted by Crippen LogP contribution is -2.28. The quantitative estimate of drug-likeness (QED) is 0.491. The summed E-state index contributed by atoms with van der Waals surface area (Å²) < 4.78 is 1.89. The summed E-state index contributed by atoms with van der Waals surface area (Å²) in [5.74, 6) is 0.269. The van der Waals surface area contributed by atoms with Gasteiger partial charge in [0.15, 0.2) is 17.3 Å². The van der Waals surface area contributed by atoms with Gasteiger partial charge in [0.1, 0.15) is 5.69 Å². The zero-order valence-electron chi connectivity index (χ0n) is 17.5. The average Bonchev–Trinajstić information content (AvgIpc) is 3.13. The van der Waals surface area contributed by atoms with Gasteiger partial charge in [0.25, 0.3) is 5.91 Å². The second kappa shape index (κ2) is 7.89. The van der Waals surface area contributed by atoms with Crippen LogP contribution in [0.15, 0.2) is 24.4 Å². The molecule has 0 bridgehead atoms. The molecule has 12 nitrogen and oxygen atoms in total. The van der Waals surface area contributed by atoms with E-state index in [9.17, 15) is 9.59 Å². The molecule has 0 aliphatic carbocycles. The van der Waals surface area contributed by atoms with E-state index >= 15 is 0 Å². The topological polar surface area (TPSA) is 142 Å². The SMILES string of the molecule is CNC(=O)Nc1cc(Nc2nccc3c2N(C)Cc2cc(C)nn2-3)c(C(=O)NC)nn1. The standard InChI is InChI=1S/C19H22N10O2/c1-10-7-11-9-28(4)16-13(29(11)27-10)5-6-22-17(16)23-12-8-14(24-19(31)21-3)25-26-15(12)18(30)20-2/h5-8H,9H2,1-4H3,(H,20,30)(H3,21,22,23,24,25,31). The van der Waals surface area contributed by atoms with Gasteiger partial charge in [0, 0.05) is 33.4 Å². The predicted octanol–water partition coefficient (Wildman–Crippen LogP) is 1.17. The van der Waals surface area contributed by atoms with Gasteiger partial charge in [-0.2, -0.15) is 5.10 Å². The number of carbonyl (C=O) groups is 2. The van der Waals surface area contributed by atoms with Crippen LogP contribution >= 0.6 is 0 Å². The summed E-state index contributed by atoms with van der Waals surface area (Å²) in [6, 6.07) is 5.00. The molecule has 0 fully saturated rings. The molecular formula is C19H22N10O2. The van der Waals surface area contributed by atoms with E-state index in [1.54, 1.807) is 6.20 Å². The zero-order chi connectivity index (χ0) is 22.1. The maximum absolute atomic E-state index is 12.3.